The van der Waals surface area contributed by atoms with Crippen LogP contribution >= 0.6 is 10.2 Å². The Labute approximate surface area is 236 Å². The number of anilines is 1. The van der Waals surface area contributed by atoms with E-state index in [1.165, 1.54) is 7.05 Å². The van der Waals surface area contributed by atoms with Gasteiger partial charge in [0.25, 0.3) is 5.66 Å². The summed E-state index contributed by atoms with van der Waals surface area (Å²) in [6.07, 6.45) is 0.886. The molecule has 0 radical (unpaired) electrons. The third-order valence-corrected chi connectivity index (χ3v) is 8.89. The number of nitrogens with one attached hydrogen (secondary N) is 2. The van der Waals surface area contributed by atoms with Crippen LogP contribution in [0.1, 0.15) is 50.1 Å². The number of benzene rings is 1. The van der Waals surface area contributed by atoms with Crippen molar-refractivity contribution < 1.29 is 42.2 Å². The van der Waals surface area contributed by atoms with Gasteiger partial charge in [0.1, 0.15) is 22.7 Å². The van der Waals surface area contributed by atoms with E-state index >= 15 is 0 Å². The van der Waals surface area contributed by atoms with Gasteiger partial charge in [0.05, 0.1) is 6.20 Å². The van der Waals surface area contributed by atoms with Gasteiger partial charge in [-0.3, -0.25) is 24.3 Å². The van der Waals surface area contributed by atoms with E-state index in [2.05, 4.69) is 20.5 Å². The highest BCUT2D eigenvalue weighted by atomic mass is 32.5. The van der Waals surface area contributed by atoms with Gasteiger partial charge in [0.2, 0.25) is 17.7 Å². The van der Waals surface area contributed by atoms with Crippen molar-refractivity contribution in [1.29, 1.82) is 0 Å². The van der Waals surface area contributed by atoms with Crippen LogP contribution in [0.2, 0.25) is 0 Å². The first-order valence-corrected chi connectivity index (χ1v) is 14.8. The van der Waals surface area contributed by atoms with Crippen molar-refractivity contribution in [2.24, 2.45) is 5.92 Å². The zero-order valence-electron chi connectivity index (χ0n) is 22.1. The number of hydrogen-bond acceptors (Lipinski definition) is 4. The van der Waals surface area contributed by atoms with Crippen molar-refractivity contribution in [3.8, 4) is 0 Å². The van der Waals surface area contributed by atoms with E-state index in [9.17, 15) is 42.2 Å². The lowest BCUT2D eigenvalue weighted by Crippen LogP contribution is -2.61. The molecule has 42 heavy (non-hydrogen) atoms. The molecule has 2 aliphatic rings. The van der Waals surface area contributed by atoms with Gasteiger partial charge in [-0.25, -0.2) is 25.1 Å². The number of hydrogen-bond donors (Lipinski definition) is 2. The molecule has 3 unspecified atom stereocenters. The van der Waals surface area contributed by atoms with E-state index in [-0.39, 0.29) is 43.4 Å². The quantitative estimate of drug-likeness (QED) is 0.248. The molecule has 2 fully saturated rings. The topological polar surface area (TPSA) is 78.7 Å². The fraction of sp³-hybridized carbons (Fsp3) is 0.462. The number of carbonyl (C=O) groups excluding carboxylic acids is 2. The number of halogens is 8. The fourth-order valence-corrected chi connectivity index (χ4v) is 5.92. The van der Waals surface area contributed by atoms with Crippen LogP contribution in [0, 0.1) is 18.3 Å². The minimum absolute atomic E-state index is 0.0696. The molecule has 1 aromatic carbocycles. The summed E-state index contributed by atoms with van der Waals surface area (Å²) in [5.41, 5.74) is -2.07. The number of aromatic nitrogens is 1. The van der Waals surface area contributed by atoms with E-state index in [0.717, 1.165) is 23.4 Å². The van der Waals surface area contributed by atoms with Crippen LogP contribution in [0.5, 0.6) is 0 Å². The Morgan fingerprint density at radius 1 is 1.05 bits per heavy atom. The van der Waals surface area contributed by atoms with E-state index in [1.807, 2.05) is 0 Å². The summed E-state index contributed by atoms with van der Waals surface area (Å²) in [6, 6.07) is -0.420. The summed E-state index contributed by atoms with van der Waals surface area (Å²) >= 11 is 0. The van der Waals surface area contributed by atoms with Crippen molar-refractivity contribution in [1.82, 2.24) is 15.6 Å². The zero-order chi connectivity index (χ0) is 31.2. The van der Waals surface area contributed by atoms with Crippen molar-refractivity contribution in [3.05, 3.63) is 65.5 Å². The molecule has 4 rings (SSSR count). The number of pyridine rings is 1. The lowest BCUT2D eigenvalue weighted by atomic mass is 9.72. The third-order valence-electron chi connectivity index (χ3n) is 7.73. The van der Waals surface area contributed by atoms with E-state index in [4.69, 9.17) is 6.57 Å². The molecule has 2 aromatic rings. The number of alkyl halides is 2. The van der Waals surface area contributed by atoms with Gasteiger partial charge < -0.3 is 5.32 Å². The second kappa shape index (κ2) is 10.1. The molecule has 7 nitrogen and oxygen atoms in total. The molecule has 0 spiro atoms. The summed E-state index contributed by atoms with van der Waals surface area (Å²) in [7, 11) is -8.69. The minimum Gasteiger partial charge on any atom is -0.351 e. The fourth-order valence-electron chi connectivity index (χ4n) is 5.27. The predicted octanol–water partition coefficient (Wildman–Crippen LogP) is 6.89. The average molecular weight is 626 g/mol. The minimum atomic E-state index is -10.1. The van der Waals surface area contributed by atoms with Crippen molar-refractivity contribution in [2.75, 3.05) is 11.9 Å². The average Bonchev–Trinajstić information content (AvgIpc) is 2.87. The smallest absolute Gasteiger partial charge is 0.310 e. The Morgan fingerprint density at radius 3 is 2.14 bits per heavy atom. The van der Waals surface area contributed by atoms with Crippen LogP contribution in [-0.2, 0) is 9.59 Å². The Hall–Kier alpha value is -3.45. The molecule has 0 bridgehead atoms. The van der Waals surface area contributed by atoms with Crippen LogP contribution in [-0.4, -0.2) is 41.5 Å². The van der Waals surface area contributed by atoms with Crippen LogP contribution in [0.4, 0.5) is 38.3 Å². The number of amides is 2. The Balaban J connectivity index is 1.82. The Kier molecular flexibility index (Phi) is 7.56. The largest absolute Gasteiger partial charge is 0.351 e. The first-order valence-electron chi connectivity index (χ1n) is 12.8. The van der Waals surface area contributed by atoms with E-state index in [0.29, 0.717) is 12.1 Å². The van der Waals surface area contributed by atoms with Crippen molar-refractivity contribution >= 4 is 27.7 Å². The predicted molar refractivity (Wildman–Crippen MR) is 139 cm³/mol. The van der Waals surface area contributed by atoms with Gasteiger partial charge in [-0.15, -0.1) is 0 Å². The van der Waals surface area contributed by atoms with Gasteiger partial charge in [-0.2, -0.15) is 0 Å². The molecule has 1 aromatic heterocycles. The van der Waals surface area contributed by atoms with Crippen LogP contribution < -0.4 is 15.5 Å². The van der Waals surface area contributed by atoms with Crippen molar-refractivity contribution in [2.45, 2.75) is 67.1 Å². The highest BCUT2D eigenvalue weighted by Gasteiger charge is 2.65. The lowest BCUT2D eigenvalue weighted by molar-refractivity contribution is -0.132. The van der Waals surface area contributed by atoms with Crippen molar-refractivity contribution in [3.63, 3.8) is 0 Å². The maximum absolute atomic E-state index is 14.3. The monoisotopic (exact) mass is 625 g/mol. The standard InChI is InChI=1S/C26H27F8N5O2S/c1-35-26(36-2)12-9-21(26)24(41)39(19-3-5-20(6-4-19)42(30,31,32,33)34)22(16-13-17(27)15-37-14-16)23(40)38-18-7-10-25(28,29)11-8-18/h3-6,13-15,18,21-22,35H,7-12H2,1H3,(H,38,40). The van der Waals surface area contributed by atoms with Gasteiger partial charge in [-0.05, 0) is 56.6 Å². The molecular formula is C26H27F8N5O2S. The summed E-state index contributed by atoms with van der Waals surface area (Å²) in [5, 5.41) is 5.31. The Bertz CT molecular complexity index is 1400. The molecular weight excluding hydrogens is 598 g/mol. The van der Waals surface area contributed by atoms with Gasteiger partial charge >= 0.3 is 10.2 Å². The lowest BCUT2D eigenvalue weighted by Gasteiger charge is -2.43. The van der Waals surface area contributed by atoms with Gasteiger partial charge in [0.15, 0.2) is 0 Å². The second-order valence-corrected chi connectivity index (χ2v) is 12.9. The number of rotatable bonds is 8. The molecule has 2 N–H and O–H groups in total. The number of nitrogens with zero attached hydrogens (tertiary/aromatic N) is 3. The maximum Gasteiger partial charge on any atom is 0.310 e. The molecule has 1 heterocycles. The maximum atomic E-state index is 14.3. The normalized spacial score (nSPS) is 24.7. The van der Waals surface area contributed by atoms with Crippen LogP contribution in [0.25, 0.3) is 4.85 Å². The summed E-state index contributed by atoms with van der Waals surface area (Å²) in [6.45, 7) is 7.59. The molecule has 0 saturated heterocycles. The molecule has 2 aliphatic carbocycles. The van der Waals surface area contributed by atoms with Gasteiger partial charge in [0, 0.05) is 42.8 Å². The first kappa shape index (κ1) is 31.5. The summed E-state index contributed by atoms with van der Waals surface area (Å²) < 4.78 is 109. The molecule has 0 aliphatic heterocycles. The van der Waals surface area contributed by atoms with E-state index in [1.54, 1.807) is 0 Å². The molecule has 230 valence electrons. The highest BCUT2D eigenvalue weighted by Crippen LogP contribution is 3.02. The Morgan fingerprint density at radius 2 is 1.67 bits per heavy atom. The highest BCUT2D eigenvalue weighted by molar-refractivity contribution is 8.45. The molecule has 2 saturated carbocycles. The summed E-state index contributed by atoms with van der Waals surface area (Å²) in [4.78, 5) is 33.5. The summed E-state index contributed by atoms with van der Waals surface area (Å²) in [5.74, 6) is -6.90. The van der Waals surface area contributed by atoms with Crippen LogP contribution in [0.15, 0.2) is 47.6 Å². The van der Waals surface area contributed by atoms with Crippen LogP contribution in [0.3, 0.4) is 0 Å². The first-order chi connectivity index (χ1) is 19.3. The molecule has 3 atom stereocenters. The second-order valence-electron chi connectivity index (χ2n) is 10.5. The van der Waals surface area contributed by atoms with Gasteiger partial charge in [-0.1, -0.05) is 19.4 Å². The zero-order valence-corrected chi connectivity index (χ0v) is 22.9. The third kappa shape index (κ3) is 6.46. The molecule has 2 amide bonds. The van der Waals surface area contributed by atoms with E-state index < -0.39 is 80.9 Å². The SMILES string of the molecule is [C-]#[N+]C1(NC)CCC1C(=O)N(c1ccc(S(F)(F)(F)(F)F)cc1)C(C(=O)NC1CCC(F)(F)CC1)c1cncc(F)c1. The molecule has 16 heteroatoms. The number of carbonyl (C=O) groups is 2.